The van der Waals surface area contributed by atoms with E-state index in [1.807, 2.05) is 6.92 Å². The molecule has 2 rings (SSSR count). The fraction of sp³-hybridized carbons (Fsp3) is 0.316. The first kappa shape index (κ1) is 22.9. The molecular weight excluding hydrogens is 414 g/mol. The number of methoxy groups -OCH3 is 1. The Kier molecular flexibility index (Phi) is 7.59. The molecule has 0 heterocycles. The lowest BCUT2D eigenvalue weighted by Gasteiger charge is -2.22. The predicted molar refractivity (Wildman–Crippen MR) is 113 cm³/mol. The van der Waals surface area contributed by atoms with Crippen LogP contribution in [-0.4, -0.2) is 45.8 Å². The largest absolute Gasteiger partial charge is 0.495 e. The second kappa shape index (κ2) is 9.92. The predicted octanol–water partition coefficient (Wildman–Crippen LogP) is 2.80. The molecule has 0 saturated carbocycles. The van der Waals surface area contributed by atoms with Gasteiger partial charge in [-0.25, -0.2) is 8.42 Å². The Bertz CT molecular complexity index is 1010. The van der Waals surface area contributed by atoms with Crippen LogP contribution in [0.25, 0.3) is 0 Å². The molecule has 0 atom stereocenters. The van der Waals surface area contributed by atoms with E-state index >= 15 is 0 Å². The third-order valence-electron chi connectivity index (χ3n) is 3.95. The molecule has 11 heteroatoms. The van der Waals surface area contributed by atoms with E-state index < -0.39 is 27.4 Å². The van der Waals surface area contributed by atoms with Crippen LogP contribution in [0.4, 0.5) is 17.1 Å². The van der Waals surface area contributed by atoms with Crippen molar-refractivity contribution < 1.29 is 27.6 Å². The Balaban J connectivity index is 2.23. The molecule has 10 nitrogen and oxygen atoms in total. The van der Waals surface area contributed by atoms with Crippen LogP contribution >= 0.6 is 0 Å². The molecule has 2 aromatic rings. The molecule has 1 amide bonds. The normalized spacial score (nSPS) is 10.9. The van der Waals surface area contributed by atoms with Crippen molar-refractivity contribution in [2.24, 2.45) is 0 Å². The lowest BCUT2D eigenvalue weighted by atomic mass is 10.2. The van der Waals surface area contributed by atoms with Gasteiger partial charge in [-0.1, -0.05) is 6.92 Å². The molecule has 0 spiro atoms. The van der Waals surface area contributed by atoms with Crippen LogP contribution in [0.3, 0.4) is 0 Å². The molecule has 0 unspecified atom stereocenters. The van der Waals surface area contributed by atoms with Crippen LogP contribution in [-0.2, 0) is 14.8 Å². The molecule has 0 saturated heterocycles. The Morgan fingerprint density at radius 1 is 1.20 bits per heavy atom. The van der Waals surface area contributed by atoms with E-state index in [0.717, 1.165) is 23.0 Å². The molecule has 0 fully saturated rings. The van der Waals surface area contributed by atoms with E-state index in [0.29, 0.717) is 12.4 Å². The number of nitro groups is 1. The van der Waals surface area contributed by atoms with Gasteiger partial charge in [0.05, 0.1) is 36.3 Å². The minimum atomic E-state index is -3.78. The number of anilines is 2. The molecule has 30 heavy (non-hydrogen) atoms. The average molecular weight is 437 g/mol. The molecule has 0 bridgehead atoms. The zero-order valence-electron chi connectivity index (χ0n) is 16.8. The first-order chi connectivity index (χ1) is 14.2. The number of ether oxygens (including phenoxy) is 2. The summed E-state index contributed by atoms with van der Waals surface area (Å²) in [6.45, 7) is 1.97. The molecule has 0 aliphatic carbocycles. The third-order valence-corrected chi connectivity index (χ3v) is 5.09. The monoisotopic (exact) mass is 437 g/mol. The number of nitrogens with zero attached hydrogens (tertiary/aromatic N) is 2. The Hall–Kier alpha value is -3.34. The molecule has 0 aromatic heterocycles. The van der Waals surface area contributed by atoms with E-state index in [2.05, 4.69) is 5.32 Å². The summed E-state index contributed by atoms with van der Waals surface area (Å²) in [7, 11) is -2.43. The number of carbonyl (C=O) groups excluding carboxylic acids is 1. The van der Waals surface area contributed by atoms with Crippen LogP contribution in [0.2, 0.25) is 0 Å². The van der Waals surface area contributed by atoms with Gasteiger partial charge in [0.2, 0.25) is 15.9 Å². The number of carbonyl (C=O) groups is 1. The first-order valence-corrected chi connectivity index (χ1v) is 10.8. The number of nitrogens with one attached hydrogen (secondary N) is 1. The number of rotatable bonds is 10. The highest BCUT2D eigenvalue weighted by molar-refractivity contribution is 7.92. The van der Waals surface area contributed by atoms with Gasteiger partial charge in [-0.05, 0) is 36.8 Å². The highest BCUT2D eigenvalue weighted by Gasteiger charge is 2.22. The number of sulfonamides is 1. The fourth-order valence-electron chi connectivity index (χ4n) is 2.56. The Morgan fingerprint density at radius 3 is 2.40 bits per heavy atom. The molecule has 1 N–H and O–H groups in total. The van der Waals surface area contributed by atoms with Gasteiger partial charge < -0.3 is 14.8 Å². The van der Waals surface area contributed by atoms with Crippen LogP contribution in [0.5, 0.6) is 11.5 Å². The van der Waals surface area contributed by atoms with Gasteiger partial charge in [-0.3, -0.25) is 19.2 Å². The minimum Gasteiger partial charge on any atom is -0.495 e. The van der Waals surface area contributed by atoms with Gasteiger partial charge >= 0.3 is 0 Å². The number of amides is 1. The molecule has 0 radical (unpaired) electrons. The van der Waals surface area contributed by atoms with Crippen LogP contribution in [0.15, 0.2) is 42.5 Å². The number of nitro benzene ring substituents is 1. The SMILES string of the molecule is CCCOc1ccc(N(CC(=O)Nc2cc([N+](=O)[O-])ccc2OC)S(C)(=O)=O)cc1. The lowest BCUT2D eigenvalue weighted by molar-refractivity contribution is -0.384. The van der Waals surface area contributed by atoms with E-state index in [1.165, 1.54) is 31.4 Å². The zero-order valence-corrected chi connectivity index (χ0v) is 17.6. The molecule has 2 aromatic carbocycles. The van der Waals surface area contributed by atoms with Crippen molar-refractivity contribution in [3.63, 3.8) is 0 Å². The van der Waals surface area contributed by atoms with Crippen molar-refractivity contribution in [2.75, 3.05) is 36.1 Å². The van der Waals surface area contributed by atoms with Crippen LogP contribution < -0.4 is 19.1 Å². The van der Waals surface area contributed by atoms with E-state index in [9.17, 15) is 23.3 Å². The third kappa shape index (κ3) is 6.08. The molecule has 0 aliphatic heterocycles. The number of hydrogen-bond donors (Lipinski definition) is 1. The van der Waals surface area contributed by atoms with Gasteiger partial charge in [0.25, 0.3) is 5.69 Å². The van der Waals surface area contributed by atoms with Crippen LogP contribution in [0, 0.1) is 10.1 Å². The summed E-state index contributed by atoms with van der Waals surface area (Å²) in [5.74, 6) is 0.0997. The van der Waals surface area contributed by atoms with Crippen molar-refractivity contribution in [3.05, 3.63) is 52.6 Å². The second-order valence-electron chi connectivity index (χ2n) is 6.30. The molecule has 0 aliphatic rings. The Morgan fingerprint density at radius 2 is 1.87 bits per heavy atom. The summed E-state index contributed by atoms with van der Waals surface area (Å²) in [5.41, 5.74) is 0.102. The smallest absolute Gasteiger partial charge is 0.271 e. The summed E-state index contributed by atoms with van der Waals surface area (Å²) >= 11 is 0. The van der Waals surface area contributed by atoms with E-state index in [1.54, 1.807) is 12.1 Å². The number of non-ortho nitro benzene ring substituents is 1. The average Bonchev–Trinajstić information content (AvgIpc) is 2.70. The molecule has 162 valence electrons. The van der Waals surface area contributed by atoms with Crippen molar-refractivity contribution in [3.8, 4) is 11.5 Å². The highest BCUT2D eigenvalue weighted by atomic mass is 32.2. The van der Waals surface area contributed by atoms with Gasteiger partial charge in [0.1, 0.15) is 18.0 Å². The summed E-state index contributed by atoms with van der Waals surface area (Å²) in [6, 6.07) is 10.0. The summed E-state index contributed by atoms with van der Waals surface area (Å²) in [6.07, 6.45) is 1.81. The maximum atomic E-state index is 12.5. The van der Waals surface area contributed by atoms with Gasteiger partial charge in [-0.15, -0.1) is 0 Å². The summed E-state index contributed by atoms with van der Waals surface area (Å²) in [4.78, 5) is 22.9. The van der Waals surface area contributed by atoms with Crippen molar-refractivity contribution in [2.45, 2.75) is 13.3 Å². The van der Waals surface area contributed by atoms with Gasteiger partial charge in [0, 0.05) is 12.1 Å². The second-order valence-corrected chi connectivity index (χ2v) is 8.21. The van der Waals surface area contributed by atoms with Crippen LogP contribution in [0.1, 0.15) is 13.3 Å². The van der Waals surface area contributed by atoms with Gasteiger partial charge in [-0.2, -0.15) is 0 Å². The number of hydrogen-bond acceptors (Lipinski definition) is 7. The summed E-state index contributed by atoms with van der Waals surface area (Å²) < 4.78 is 36.0. The van der Waals surface area contributed by atoms with Gasteiger partial charge in [0.15, 0.2) is 0 Å². The Labute approximate surface area is 174 Å². The quantitative estimate of drug-likeness (QED) is 0.447. The summed E-state index contributed by atoms with van der Waals surface area (Å²) in [5, 5.41) is 13.4. The fourth-order valence-corrected chi connectivity index (χ4v) is 3.41. The highest BCUT2D eigenvalue weighted by Crippen LogP contribution is 2.29. The maximum absolute atomic E-state index is 12.5. The first-order valence-electron chi connectivity index (χ1n) is 8.98. The maximum Gasteiger partial charge on any atom is 0.271 e. The van der Waals surface area contributed by atoms with E-state index in [-0.39, 0.29) is 22.8 Å². The standard InChI is InChI=1S/C19H23N3O7S/c1-4-11-29-16-8-5-14(6-9-16)21(30(3,26)27)13-19(23)20-17-12-15(22(24)25)7-10-18(17)28-2/h5-10,12H,4,11,13H2,1-3H3,(H,20,23). The zero-order chi connectivity index (χ0) is 22.3. The van der Waals surface area contributed by atoms with Crippen molar-refractivity contribution in [1.82, 2.24) is 0 Å². The van der Waals surface area contributed by atoms with E-state index in [4.69, 9.17) is 9.47 Å². The molecular formula is C19H23N3O7S. The topological polar surface area (TPSA) is 128 Å². The van der Waals surface area contributed by atoms with Crippen molar-refractivity contribution in [1.29, 1.82) is 0 Å². The lowest BCUT2D eigenvalue weighted by Crippen LogP contribution is -2.37. The number of benzene rings is 2. The minimum absolute atomic E-state index is 0.0634. The van der Waals surface area contributed by atoms with Crippen molar-refractivity contribution >= 4 is 33.0 Å².